The molecule has 1 aromatic rings. The van der Waals surface area contributed by atoms with Gasteiger partial charge >= 0.3 is 0 Å². The van der Waals surface area contributed by atoms with Gasteiger partial charge in [0.15, 0.2) is 0 Å². The normalized spacial score (nSPS) is 22.6. The summed E-state index contributed by atoms with van der Waals surface area (Å²) < 4.78 is 5.68. The Labute approximate surface area is 128 Å². The molecule has 3 heteroatoms. The maximum atomic E-state index is 12.4. The molecule has 2 atom stereocenters. The molecular formula is C18H27NO2. The van der Waals surface area contributed by atoms with Crippen LogP contribution < -0.4 is 0 Å². The smallest absolute Gasteiger partial charge is 0.227 e. The number of carbonyl (C=O) groups excluding carboxylic acids is 1. The molecule has 0 N–H and O–H groups in total. The van der Waals surface area contributed by atoms with Crippen LogP contribution in [-0.4, -0.2) is 36.1 Å². The highest BCUT2D eigenvalue weighted by molar-refractivity contribution is 5.79. The molecule has 0 spiro atoms. The molecule has 1 aromatic carbocycles. The predicted octanol–water partition coefficient (Wildman–Crippen LogP) is 3.06. The van der Waals surface area contributed by atoms with Gasteiger partial charge in [-0.15, -0.1) is 0 Å². The van der Waals surface area contributed by atoms with Crippen LogP contribution in [0.3, 0.4) is 0 Å². The first-order valence-corrected chi connectivity index (χ1v) is 7.95. The summed E-state index contributed by atoms with van der Waals surface area (Å²) in [6.45, 7) is 9.90. The lowest BCUT2D eigenvalue weighted by atomic mass is 10.0. The van der Waals surface area contributed by atoms with Gasteiger partial charge in [-0.25, -0.2) is 0 Å². The maximum Gasteiger partial charge on any atom is 0.227 e. The van der Waals surface area contributed by atoms with Crippen molar-refractivity contribution in [1.29, 1.82) is 0 Å². The highest BCUT2D eigenvalue weighted by Crippen LogP contribution is 2.14. The molecule has 1 aliphatic rings. The Kier molecular flexibility index (Phi) is 5.40. The highest BCUT2D eigenvalue weighted by Gasteiger charge is 2.25. The third-order valence-electron chi connectivity index (χ3n) is 3.79. The first-order chi connectivity index (χ1) is 9.94. The zero-order valence-electron chi connectivity index (χ0n) is 13.6. The Morgan fingerprint density at radius 2 is 1.67 bits per heavy atom. The summed E-state index contributed by atoms with van der Waals surface area (Å²) in [7, 11) is 0. The minimum absolute atomic E-state index is 0.131. The summed E-state index contributed by atoms with van der Waals surface area (Å²) in [4.78, 5) is 14.3. The van der Waals surface area contributed by atoms with Crippen molar-refractivity contribution >= 4 is 5.91 Å². The Hall–Kier alpha value is -1.35. The monoisotopic (exact) mass is 289 g/mol. The Morgan fingerprint density at radius 1 is 1.14 bits per heavy atom. The fraction of sp³-hybridized carbons (Fsp3) is 0.611. The van der Waals surface area contributed by atoms with Gasteiger partial charge < -0.3 is 9.64 Å². The van der Waals surface area contributed by atoms with Crippen LogP contribution in [0.25, 0.3) is 0 Å². The molecular weight excluding hydrogens is 262 g/mol. The van der Waals surface area contributed by atoms with Crippen molar-refractivity contribution in [3.8, 4) is 0 Å². The Balaban J connectivity index is 1.93. The fourth-order valence-corrected chi connectivity index (χ4v) is 2.93. The summed E-state index contributed by atoms with van der Waals surface area (Å²) in [6, 6.07) is 8.46. The first kappa shape index (κ1) is 16.0. The second-order valence-corrected chi connectivity index (χ2v) is 6.65. The van der Waals surface area contributed by atoms with Crippen LogP contribution in [0, 0.1) is 5.92 Å². The van der Waals surface area contributed by atoms with Gasteiger partial charge in [-0.3, -0.25) is 4.79 Å². The first-order valence-electron chi connectivity index (χ1n) is 7.95. The van der Waals surface area contributed by atoms with E-state index < -0.39 is 0 Å². The van der Waals surface area contributed by atoms with E-state index in [-0.39, 0.29) is 18.1 Å². The summed E-state index contributed by atoms with van der Waals surface area (Å²) in [5.74, 6) is 0.863. The molecule has 2 rings (SSSR count). The van der Waals surface area contributed by atoms with Crippen molar-refractivity contribution in [3.63, 3.8) is 0 Å². The highest BCUT2D eigenvalue weighted by atomic mass is 16.5. The van der Waals surface area contributed by atoms with Gasteiger partial charge in [0.05, 0.1) is 18.6 Å². The zero-order chi connectivity index (χ0) is 15.4. The van der Waals surface area contributed by atoms with E-state index in [1.54, 1.807) is 0 Å². The van der Waals surface area contributed by atoms with Gasteiger partial charge in [0, 0.05) is 13.1 Å². The molecule has 1 amide bonds. The molecule has 3 nitrogen and oxygen atoms in total. The zero-order valence-corrected chi connectivity index (χ0v) is 13.6. The lowest BCUT2D eigenvalue weighted by Crippen LogP contribution is -2.48. The molecule has 1 saturated heterocycles. The van der Waals surface area contributed by atoms with E-state index in [0.717, 1.165) is 12.0 Å². The molecule has 21 heavy (non-hydrogen) atoms. The molecule has 0 saturated carbocycles. The number of hydrogen-bond acceptors (Lipinski definition) is 2. The Bertz CT molecular complexity index is 457. The van der Waals surface area contributed by atoms with E-state index in [2.05, 4.69) is 38.1 Å². The van der Waals surface area contributed by atoms with E-state index in [9.17, 15) is 4.79 Å². The maximum absolute atomic E-state index is 12.4. The molecule has 1 aliphatic heterocycles. The number of benzene rings is 1. The third kappa shape index (κ3) is 4.85. The quantitative estimate of drug-likeness (QED) is 0.852. The molecule has 0 radical (unpaired) electrons. The van der Waals surface area contributed by atoms with E-state index >= 15 is 0 Å². The van der Waals surface area contributed by atoms with E-state index in [1.807, 2.05) is 18.7 Å². The van der Waals surface area contributed by atoms with E-state index in [1.165, 1.54) is 5.56 Å². The minimum atomic E-state index is 0.131. The van der Waals surface area contributed by atoms with E-state index in [0.29, 0.717) is 25.4 Å². The van der Waals surface area contributed by atoms with Crippen LogP contribution in [-0.2, 0) is 22.4 Å². The van der Waals surface area contributed by atoms with Crippen molar-refractivity contribution < 1.29 is 9.53 Å². The number of rotatable bonds is 4. The number of ether oxygens (including phenoxy) is 1. The van der Waals surface area contributed by atoms with Crippen molar-refractivity contribution in [2.45, 2.75) is 52.7 Å². The van der Waals surface area contributed by atoms with Gasteiger partial charge in [0.1, 0.15) is 0 Å². The van der Waals surface area contributed by atoms with Crippen LogP contribution in [0.15, 0.2) is 24.3 Å². The van der Waals surface area contributed by atoms with Crippen LogP contribution in [0.1, 0.15) is 38.8 Å². The number of nitrogens with zero attached hydrogens (tertiary/aromatic N) is 1. The molecule has 2 unspecified atom stereocenters. The standard InChI is InChI=1S/C18H27NO2/c1-13(2)9-16-5-7-17(8-6-16)10-18(20)19-11-14(3)21-15(4)12-19/h5-8,13-15H,9-12H2,1-4H3. The largest absolute Gasteiger partial charge is 0.372 e. The van der Waals surface area contributed by atoms with Crippen LogP contribution >= 0.6 is 0 Å². The minimum Gasteiger partial charge on any atom is -0.372 e. The Morgan fingerprint density at radius 3 is 2.19 bits per heavy atom. The van der Waals surface area contributed by atoms with Crippen LogP contribution in [0.4, 0.5) is 0 Å². The van der Waals surface area contributed by atoms with E-state index in [4.69, 9.17) is 4.74 Å². The lowest BCUT2D eigenvalue weighted by Gasteiger charge is -2.35. The summed E-state index contributed by atoms with van der Waals surface area (Å²) in [5, 5.41) is 0. The van der Waals surface area contributed by atoms with Crippen LogP contribution in [0.2, 0.25) is 0 Å². The number of hydrogen-bond donors (Lipinski definition) is 0. The second-order valence-electron chi connectivity index (χ2n) is 6.65. The summed E-state index contributed by atoms with van der Waals surface area (Å²) in [6.07, 6.45) is 1.84. The average Bonchev–Trinajstić information content (AvgIpc) is 2.39. The summed E-state index contributed by atoms with van der Waals surface area (Å²) in [5.41, 5.74) is 2.44. The molecule has 0 aliphatic carbocycles. The van der Waals surface area contributed by atoms with Gasteiger partial charge in [0.25, 0.3) is 0 Å². The number of amides is 1. The van der Waals surface area contributed by atoms with Gasteiger partial charge in [0.2, 0.25) is 5.91 Å². The number of morpholine rings is 1. The van der Waals surface area contributed by atoms with Crippen molar-refractivity contribution in [2.24, 2.45) is 5.92 Å². The molecule has 1 heterocycles. The van der Waals surface area contributed by atoms with Crippen LogP contribution in [0.5, 0.6) is 0 Å². The van der Waals surface area contributed by atoms with Gasteiger partial charge in [-0.05, 0) is 37.3 Å². The van der Waals surface area contributed by atoms with Crippen molar-refractivity contribution in [1.82, 2.24) is 4.90 Å². The predicted molar refractivity (Wildman–Crippen MR) is 85.3 cm³/mol. The SMILES string of the molecule is CC(C)Cc1ccc(CC(=O)N2CC(C)OC(C)C2)cc1. The average molecular weight is 289 g/mol. The van der Waals surface area contributed by atoms with Crippen molar-refractivity contribution in [2.75, 3.05) is 13.1 Å². The number of carbonyl (C=O) groups is 1. The van der Waals surface area contributed by atoms with Gasteiger partial charge in [-0.1, -0.05) is 38.1 Å². The second kappa shape index (κ2) is 7.08. The molecule has 1 fully saturated rings. The third-order valence-corrected chi connectivity index (χ3v) is 3.79. The lowest BCUT2D eigenvalue weighted by molar-refractivity contribution is -0.142. The summed E-state index contributed by atoms with van der Waals surface area (Å²) >= 11 is 0. The van der Waals surface area contributed by atoms with Crippen molar-refractivity contribution in [3.05, 3.63) is 35.4 Å². The topological polar surface area (TPSA) is 29.5 Å². The van der Waals surface area contributed by atoms with Gasteiger partial charge in [-0.2, -0.15) is 0 Å². The molecule has 0 aromatic heterocycles. The molecule has 0 bridgehead atoms. The fourth-order valence-electron chi connectivity index (χ4n) is 2.93. The molecule has 116 valence electrons.